The second kappa shape index (κ2) is 9.76. The molecule has 130 valence electrons. The summed E-state index contributed by atoms with van der Waals surface area (Å²) in [6.07, 6.45) is 3.74. The van der Waals surface area contributed by atoms with Crippen LogP contribution in [-0.2, 0) is 19.3 Å². The first-order chi connectivity index (χ1) is 11.7. The van der Waals surface area contributed by atoms with Gasteiger partial charge in [0.15, 0.2) is 0 Å². The summed E-state index contributed by atoms with van der Waals surface area (Å²) in [4.78, 5) is -0.265. The first-order valence-electron chi connectivity index (χ1n) is 8.54. The minimum absolute atomic E-state index is 0. The van der Waals surface area contributed by atoms with Crippen LogP contribution in [0.4, 0.5) is 0 Å². The third-order valence-electron chi connectivity index (χ3n) is 4.43. The Morgan fingerprint density at radius 2 is 0.920 bits per heavy atom. The van der Waals surface area contributed by atoms with Crippen molar-refractivity contribution < 1.29 is 0 Å². The molecule has 0 heterocycles. The molecule has 0 radical (unpaired) electrons. The van der Waals surface area contributed by atoms with E-state index in [1.165, 1.54) is 16.7 Å². The maximum Gasteiger partial charge on any atom is 0.0530 e. The maximum atomic E-state index is 7.16. The van der Waals surface area contributed by atoms with Crippen LogP contribution >= 0.6 is 21.5 Å². The number of hydrogen-bond donors (Lipinski definition) is 0. The van der Waals surface area contributed by atoms with E-state index in [2.05, 4.69) is 91.0 Å². The van der Waals surface area contributed by atoms with Crippen molar-refractivity contribution in [1.29, 1.82) is 0 Å². The van der Waals surface area contributed by atoms with Crippen LogP contribution in [0, 0.1) is 0 Å². The summed E-state index contributed by atoms with van der Waals surface area (Å²) in [6, 6.07) is 31.8. The van der Waals surface area contributed by atoms with E-state index in [4.69, 9.17) is 11.6 Å². The summed E-state index contributed by atoms with van der Waals surface area (Å²) in [5, 5.41) is 0. The van der Waals surface area contributed by atoms with Gasteiger partial charge < -0.3 is 0 Å². The van der Waals surface area contributed by atoms with Crippen molar-refractivity contribution in [3.63, 3.8) is 0 Å². The van der Waals surface area contributed by atoms with Crippen molar-refractivity contribution in [2.75, 3.05) is 0 Å². The topological polar surface area (TPSA) is 0 Å². The van der Waals surface area contributed by atoms with Crippen LogP contribution in [0.3, 0.4) is 0 Å². The van der Waals surface area contributed by atoms with Crippen molar-refractivity contribution in [2.45, 2.75) is 30.6 Å². The summed E-state index contributed by atoms with van der Waals surface area (Å²) < 4.78 is 0. The van der Waals surface area contributed by atoms with Crippen LogP contribution in [-0.4, -0.2) is 4.87 Å². The average Bonchev–Trinajstić information content (AvgIpc) is 2.63. The Morgan fingerprint density at radius 3 is 1.32 bits per heavy atom. The predicted molar refractivity (Wildman–Crippen MR) is 115 cm³/mol. The smallest absolute Gasteiger partial charge is 0.0530 e. The van der Waals surface area contributed by atoms with Crippen LogP contribution in [0.25, 0.3) is 0 Å². The number of hydrogen-bond acceptors (Lipinski definition) is 0. The monoisotopic (exact) mass is 368 g/mol. The highest BCUT2D eigenvalue weighted by molar-refractivity contribution is 6.92. The quantitative estimate of drug-likeness (QED) is 0.347. The molecule has 0 aromatic heterocycles. The summed E-state index contributed by atoms with van der Waals surface area (Å²) in [7, 11) is 0. The van der Waals surface area contributed by atoms with Crippen LogP contribution in [0.15, 0.2) is 91.0 Å². The zero-order valence-corrected chi connectivity index (χ0v) is 16.7. The predicted octanol–water partition coefficient (Wildman–Crippen LogP) is 6.14. The third-order valence-corrected chi connectivity index (χ3v) is 4.89. The molecule has 1 atom stereocenters. The molecule has 0 aliphatic carbocycles. The Bertz CT molecular complexity index is 684. The fourth-order valence-electron chi connectivity index (χ4n) is 3.18. The maximum absolute atomic E-state index is 7.16. The number of aryl methyl sites for hydroxylation is 1. The summed E-state index contributed by atoms with van der Waals surface area (Å²) in [6.45, 7) is 0. The Labute approximate surface area is 159 Å². The Hall–Kier alpha value is -1.62. The molecule has 1 unspecified atom stereocenters. The zero-order chi connectivity index (χ0) is 16.7. The molecule has 0 saturated heterocycles. The minimum atomic E-state index is -0.265. The molecule has 3 rings (SSSR count). The fourth-order valence-corrected chi connectivity index (χ4v) is 3.58. The Morgan fingerprint density at radius 1 is 0.560 bits per heavy atom. The molecule has 0 nitrogen and oxygen atoms in total. The molecule has 0 aliphatic heterocycles. The molecule has 0 aliphatic rings. The van der Waals surface area contributed by atoms with Crippen LogP contribution in [0.1, 0.15) is 23.1 Å². The van der Waals surface area contributed by atoms with E-state index in [0.717, 1.165) is 25.7 Å². The molecule has 0 amide bonds. The van der Waals surface area contributed by atoms with Gasteiger partial charge in [-0.25, -0.2) is 0 Å². The lowest BCUT2D eigenvalue weighted by molar-refractivity contribution is 0.521. The van der Waals surface area contributed by atoms with Crippen LogP contribution < -0.4 is 0 Å². The van der Waals surface area contributed by atoms with E-state index in [1.54, 1.807) is 0 Å². The van der Waals surface area contributed by atoms with Crippen molar-refractivity contribution in [1.82, 2.24) is 0 Å². The van der Waals surface area contributed by atoms with Crippen molar-refractivity contribution >= 4 is 21.5 Å². The van der Waals surface area contributed by atoms with E-state index in [-0.39, 0.29) is 14.8 Å². The number of rotatable bonds is 7. The number of alkyl halides is 1. The van der Waals surface area contributed by atoms with E-state index in [9.17, 15) is 0 Å². The third kappa shape index (κ3) is 6.31. The average molecular weight is 369 g/mol. The fraction of sp³-hybridized carbons (Fsp3) is 0.217. The SMILES string of the molecule is ClC(CCc1ccccc1)(Cc1ccccc1)Cc1ccccc1.P. The summed E-state index contributed by atoms with van der Waals surface area (Å²) in [5.41, 5.74) is 3.96. The van der Waals surface area contributed by atoms with E-state index < -0.39 is 0 Å². The van der Waals surface area contributed by atoms with Gasteiger partial charge in [0, 0.05) is 0 Å². The first-order valence-corrected chi connectivity index (χ1v) is 8.92. The Kier molecular flexibility index (Phi) is 7.69. The van der Waals surface area contributed by atoms with Gasteiger partial charge in [-0.3, -0.25) is 0 Å². The van der Waals surface area contributed by atoms with Gasteiger partial charge >= 0.3 is 0 Å². The van der Waals surface area contributed by atoms with E-state index in [1.807, 2.05) is 0 Å². The molecule has 3 aromatic carbocycles. The van der Waals surface area contributed by atoms with Gasteiger partial charge in [0.1, 0.15) is 0 Å². The standard InChI is InChI=1S/C23H23Cl.H3P/c24-23(18-21-12-6-2-7-13-21,19-22-14-8-3-9-15-22)17-16-20-10-4-1-5-11-20;/h1-15H,16-19H2;1H3. The summed E-state index contributed by atoms with van der Waals surface area (Å²) >= 11 is 7.16. The van der Waals surface area contributed by atoms with Gasteiger partial charge in [0.2, 0.25) is 0 Å². The Balaban J connectivity index is 0.00000225. The molecule has 25 heavy (non-hydrogen) atoms. The number of benzene rings is 3. The summed E-state index contributed by atoms with van der Waals surface area (Å²) in [5.74, 6) is 0. The highest BCUT2D eigenvalue weighted by Crippen LogP contribution is 2.31. The van der Waals surface area contributed by atoms with Crippen molar-refractivity contribution in [3.8, 4) is 0 Å². The molecule has 0 N–H and O–H groups in total. The second-order valence-corrected chi connectivity index (χ2v) is 7.26. The van der Waals surface area contributed by atoms with Gasteiger partial charge in [0.05, 0.1) is 4.87 Å². The highest BCUT2D eigenvalue weighted by Gasteiger charge is 2.27. The van der Waals surface area contributed by atoms with Crippen LogP contribution in [0.2, 0.25) is 0 Å². The molecule has 0 fully saturated rings. The lowest BCUT2D eigenvalue weighted by Gasteiger charge is -2.28. The molecule has 0 bridgehead atoms. The molecular weight excluding hydrogens is 343 g/mol. The normalized spacial score (nSPS) is 10.9. The number of halogens is 1. The van der Waals surface area contributed by atoms with Gasteiger partial charge in [0.25, 0.3) is 0 Å². The lowest BCUT2D eigenvalue weighted by atomic mass is 9.87. The molecular formula is C23H26ClP. The van der Waals surface area contributed by atoms with E-state index >= 15 is 0 Å². The second-order valence-electron chi connectivity index (χ2n) is 6.46. The van der Waals surface area contributed by atoms with Crippen molar-refractivity contribution in [3.05, 3.63) is 108 Å². The van der Waals surface area contributed by atoms with Crippen LogP contribution in [0.5, 0.6) is 0 Å². The molecule has 2 heteroatoms. The minimum Gasteiger partial charge on any atom is -0.153 e. The first kappa shape index (κ1) is 19.7. The molecule has 0 spiro atoms. The van der Waals surface area contributed by atoms with Gasteiger partial charge in [-0.1, -0.05) is 91.0 Å². The highest BCUT2D eigenvalue weighted by atomic mass is 35.5. The van der Waals surface area contributed by atoms with Gasteiger partial charge in [-0.05, 0) is 42.4 Å². The molecule has 0 saturated carbocycles. The molecule has 3 aromatic rings. The largest absolute Gasteiger partial charge is 0.153 e. The van der Waals surface area contributed by atoms with Gasteiger partial charge in [-0.15, -0.1) is 11.6 Å². The zero-order valence-electron chi connectivity index (χ0n) is 14.6. The van der Waals surface area contributed by atoms with Crippen molar-refractivity contribution in [2.24, 2.45) is 0 Å². The van der Waals surface area contributed by atoms with E-state index in [0.29, 0.717) is 0 Å². The lowest BCUT2D eigenvalue weighted by Crippen LogP contribution is -2.28. The van der Waals surface area contributed by atoms with Gasteiger partial charge in [-0.2, -0.15) is 9.90 Å².